The maximum absolute atomic E-state index is 13.2. The Morgan fingerprint density at radius 2 is 1.67 bits per heavy atom. The molecular formula is C29H26N4O4S2. The molecule has 3 aromatic carbocycles. The average Bonchev–Trinajstić information content (AvgIpc) is 3.47. The van der Waals surface area contributed by atoms with Crippen LogP contribution in [-0.4, -0.2) is 35.1 Å². The third kappa shape index (κ3) is 8.03. The van der Waals surface area contributed by atoms with Crippen LogP contribution >= 0.6 is 23.1 Å². The van der Waals surface area contributed by atoms with E-state index in [-0.39, 0.29) is 16.9 Å². The number of amides is 3. The number of methoxy groups -OCH3 is 1. The number of rotatable bonds is 10. The van der Waals surface area contributed by atoms with Gasteiger partial charge in [-0.2, -0.15) is 0 Å². The Labute approximate surface area is 234 Å². The van der Waals surface area contributed by atoms with Gasteiger partial charge in [-0.25, -0.2) is 4.98 Å². The van der Waals surface area contributed by atoms with Crippen LogP contribution < -0.4 is 20.7 Å². The summed E-state index contributed by atoms with van der Waals surface area (Å²) >= 11 is 2.75. The molecule has 0 radical (unpaired) electrons. The molecule has 1 atom stereocenters. The molecule has 3 amide bonds. The second kappa shape index (κ2) is 13.4. The number of anilines is 2. The summed E-state index contributed by atoms with van der Waals surface area (Å²) in [6.45, 7) is 1.81. The predicted octanol–water partition coefficient (Wildman–Crippen LogP) is 5.68. The topological polar surface area (TPSA) is 109 Å². The number of thiazole rings is 1. The Morgan fingerprint density at radius 1 is 0.949 bits per heavy atom. The van der Waals surface area contributed by atoms with Crippen molar-refractivity contribution in [1.82, 2.24) is 10.3 Å². The second-order valence-corrected chi connectivity index (χ2v) is 10.5. The van der Waals surface area contributed by atoms with Gasteiger partial charge in [0.05, 0.1) is 12.4 Å². The van der Waals surface area contributed by atoms with Crippen LogP contribution in [0, 0.1) is 0 Å². The zero-order chi connectivity index (χ0) is 27.6. The molecule has 0 bridgehead atoms. The highest BCUT2D eigenvalue weighted by Crippen LogP contribution is 2.26. The first-order valence-corrected chi connectivity index (χ1v) is 13.7. The first-order valence-electron chi connectivity index (χ1n) is 11.9. The van der Waals surface area contributed by atoms with E-state index in [4.69, 9.17) is 4.74 Å². The van der Waals surface area contributed by atoms with E-state index in [9.17, 15) is 14.4 Å². The van der Waals surface area contributed by atoms with Crippen LogP contribution in [0.3, 0.4) is 0 Å². The van der Waals surface area contributed by atoms with Gasteiger partial charge in [-0.05, 0) is 67.1 Å². The third-order valence-electron chi connectivity index (χ3n) is 5.41. The minimum Gasteiger partial charge on any atom is -0.497 e. The Kier molecular flexibility index (Phi) is 9.49. The van der Waals surface area contributed by atoms with E-state index in [1.165, 1.54) is 23.1 Å². The molecule has 4 aromatic rings. The summed E-state index contributed by atoms with van der Waals surface area (Å²) in [5.74, 6) is -0.344. The standard InChI is InChI=1S/C29H26N4O4S2/c1-19(26(34)33-29-30-16-17-38-29)39-24-14-10-22(11-15-24)31-28(36)25(18-20-8-12-23(37-2)13-9-20)32-27(35)21-6-4-3-5-7-21/h3-19H,1-2H3,(H,31,36)(H,32,35)(H,30,33,34)/b25-18-/t19-/m1/s1. The maximum atomic E-state index is 13.2. The molecule has 0 aliphatic rings. The van der Waals surface area contributed by atoms with Gasteiger partial charge in [0.1, 0.15) is 11.4 Å². The van der Waals surface area contributed by atoms with Crippen molar-refractivity contribution >= 4 is 57.7 Å². The van der Waals surface area contributed by atoms with Gasteiger partial charge in [0.25, 0.3) is 11.8 Å². The van der Waals surface area contributed by atoms with Crippen LogP contribution in [0.2, 0.25) is 0 Å². The van der Waals surface area contributed by atoms with Crippen LogP contribution in [-0.2, 0) is 9.59 Å². The van der Waals surface area contributed by atoms with Gasteiger partial charge in [0.2, 0.25) is 5.91 Å². The lowest BCUT2D eigenvalue weighted by molar-refractivity contribution is -0.115. The van der Waals surface area contributed by atoms with E-state index in [1.807, 2.05) is 25.1 Å². The molecule has 4 rings (SSSR count). The number of aromatic nitrogens is 1. The Morgan fingerprint density at radius 3 is 2.31 bits per heavy atom. The van der Waals surface area contributed by atoms with Crippen LogP contribution in [0.25, 0.3) is 6.08 Å². The highest BCUT2D eigenvalue weighted by molar-refractivity contribution is 8.00. The molecule has 198 valence electrons. The zero-order valence-corrected chi connectivity index (χ0v) is 22.8. The number of benzene rings is 3. The van der Waals surface area contributed by atoms with E-state index in [0.717, 1.165) is 4.90 Å². The molecule has 39 heavy (non-hydrogen) atoms. The van der Waals surface area contributed by atoms with Gasteiger partial charge in [-0.15, -0.1) is 23.1 Å². The molecule has 0 saturated carbocycles. The van der Waals surface area contributed by atoms with Crippen LogP contribution in [0.15, 0.2) is 101 Å². The lowest BCUT2D eigenvalue weighted by Crippen LogP contribution is -2.30. The van der Waals surface area contributed by atoms with Crippen LogP contribution in [0.4, 0.5) is 10.8 Å². The minimum absolute atomic E-state index is 0.0833. The lowest BCUT2D eigenvalue weighted by Gasteiger charge is -2.13. The molecule has 8 nitrogen and oxygen atoms in total. The number of carbonyl (C=O) groups excluding carboxylic acids is 3. The Bertz CT molecular complexity index is 1440. The van der Waals surface area contributed by atoms with Crippen molar-refractivity contribution in [2.24, 2.45) is 0 Å². The fraction of sp³-hybridized carbons (Fsp3) is 0.103. The molecule has 0 aliphatic carbocycles. The fourth-order valence-corrected chi connectivity index (χ4v) is 4.77. The normalized spacial score (nSPS) is 11.8. The Balaban J connectivity index is 1.44. The predicted molar refractivity (Wildman–Crippen MR) is 156 cm³/mol. The number of nitrogens with one attached hydrogen (secondary N) is 3. The minimum atomic E-state index is -0.480. The van der Waals surface area contributed by atoms with Crippen LogP contribution in [0.5, 0.6) is 5.75 Å². The van der Waals surface area contributed by atoms with E-state index in [1.54, 1.807) is 85.4 Å². The zero-order valence-electron chi connectivity index (χ0n) is 21.2. The summed E-state index contributed by atoms with van der Waals surface area (Å²) in [5, 5.41) is 10.4. The smallest absolute Gasteiger partial charge is 0.272 e. The van der Waals surface area contributed by atoms with Crippen molar-refractivity contribution in [1.29, 1.82) is 0 Å². The fourth-order valence-electron chi connectivity index (χ4n) is 3.37. The van der Waals surface area contributed by atoms with Crippen LogP contribution in [0.1, 0.15) is 22.8 Å². The largest absolute Gasteiger partial charge is 0.497 e. The van der Waals surface area contributed by atoms with Crippen molar-refractivity contribution < 1.29 is 19.1 Å². The van der Waals surface area contributed by atoms with Crippen molar-refractivity contribution in [2.45, 2.75) is 17.1 Å². The quantitative estimate of drug-likeness (QED) is 0.171. The molecule has 0 aliphatic heterocycles. The molecule has 0 spiro atoms. The first kappa shape index (κ1) is 27.6. The van der Waals surface area contributed by atoms with Gasteiger partial charge in [0, 0.05) is 27.7 Å². The molecule has 0 fully saturated rings. The number of hydrogen-bond donors (Lipinski definition) is 3. The summed E-state index contributed by atoms with van der Waals surface area (Å²) in [5.41, 5.74) is 1.77. The molecule has 1 heterocycles. The highest BCUT2D eigenvalue weighted by Gasteiger charge is 2.17. The molecular weight excluding hydrogens is 532 g/mol. The summed E-state index contributed by atoms with van der Waals surface area (Å²) < 4.78 is 5.20. The van der Waals surface area contributed by atoms with E-state index < -0.39 is 11.8 Å². The number of carbonyl (C=O) groups is 3. The van der Waals surface area contributed by atoms with Gasteiger partial charge >= 0.3 is 0 Å². The van der Waals surface area contributed by atoms with Crippen molar-refractivity contribution in [3.05, 3.63) is 107 Å². The maximum Gasteiger partial charge on any atom is 0.272 e. The third-order valence-corrected chi connectivity index (χ3v) is 7.21. The summed E-state index contributed by atoms with van der Waals surface area (Å²) in [7, 11) is 1.58. The molecule has 1 aromatic heterocycles. The molecule has 0 unspecified atom stereocenters. The van der Waals surface area contributed by atoms with Crippen molar-refractivity contribution in [3.63, 3.8) is 0 Å². The average molecular weight is 559 g/mol. The van der Waals surface area contributed by atoms with Crippen molar-refractivity contribution in [2.75, 3.05) is 17.7 Å². The first-order chi connectivity index (χ1) is 18.9. The van der Waals surface area contributed by atoms with Gasteiger partial charge in [-0.3, -0.25) is 14.4 Å². The van der Waals surface area contributed by atoms with E-state index in [0.29, 0.717) is 27.7 Å². The number of ether oxygens (including phenoxy) is 1. The number of nitrogens with zero attached hydrogens (tertiary/aromatic N) is 1. The van der Waals surface area contributed by atoms with E-state index >= 15 is 0 Å². The highest BCUT2D eigenvalue weighted by atomic mass is 32.2. The van der Waals surface area contributed by atoms with E-state index in [2.05, 4.69) is 20.9 Å². The van der Waals surface area contributed by atoms with Gasteiger partial charge < -0.3 is 20.7 Å². The SMILES string of the molecule is COc1ccc(/C=C(\NC(=O)c2ccccc2)C(=O)Nc2ccc(S[C@H](C)C(=O)Nc3nccs3)cc2)cc1. The summed E-state index contributed by atoms with van der Waals surface area (Å²) in [6, 6.07) is 22.9. The number of thioether (sulfide) groups is 1. The van der Waals surface area contributed by atoms with Crippen molar-refractivity contribution in [3.8, 4) is 5.75 Å². The molecule has 3 N–H and O–H groups in total. The monoisotopic (exact) mass is 558 g/mol. The Hall–Kier alpha value is -4.41. The molecule has 10 heteroatoms. The molecule has 0 saturated heterocycles. The van der Waals surface area contributed by atoms with Gasteiger partial charge in [-0.1, -0.05) is 30.3 Å². The summed E-state index contributed by atoms with van der Waals surface area (Å²) in [6.07, 6.45) is 3.23. The second-order valence-electron chi connectivity index (χ2n) is 8.22. The van der Waals surface area contributed by atoms with Gasteiger partial charge in [0.15, 0.2) is 5.13 Å². The number of hydrogen-bond acceptors (Lipinski definition) is 7. The summed E-state index contributed by atoms with van der Waals surface area (Å²) in [4.78, 5) is 43.4. The lowest BCUT2D eigenvalue weighted by atomic mass is 10.1.